The van der Waals surface area contributed by atoms with Crippen molar-refractivity contribution in [3.63, 3.8) is 0 Å². The van der Waals surface area contributed by atoms with Crippen LogP contribution in [0.5, 0.6) is 0 Å². The summed E-state index contributed by atoms with van der Waals surface area (Å²) in [6.45, 7) is 0.788. The van der Waals surface area contributed by atoms with Gasteiger partial charge < -0.3 is 10.6 Å². The van der Waals surface area contributed by atoms with Crippen molar-refractivity contribution in [2.45, 2.75) is 24.8 Å². The minimum absolute atomic E-state index is 0.332. The van der Waals surface area contributed by atoms with Crippen LogP contribution in [0.3, 0.4) is 0 Å². The lowest BCUT2D eigenvalue weighted by Gasteiger charge is -2.22. The van der Waals surface area contributed by atoms with Crippen LogP contribution in [-0.4, -0.2) is 24.5 Å². The van der Waals surface area contributed by atoms with Gasteiger partial charge in [-0.2, -0.15) is 0 Å². The topological polar surface area (TPSA) is 41.6 Å². The molecule has 2 aliphatic rings. The lowest BCUT2D eigenvalue weighted by Crippen LogP contribution is -2.32. The summed E-state index contributed by atoms with van der Waals surface area (Å²) in [6, 6.07) is 9.23. The van der Waals surface area contributed by atoms with Crippen molar-refractivity contribution in [1.82, 2.24) is 4.90 Å². The van der Waals surface area contributed by atoms with Crippen molar-refractivity contribution in [3.05, 3.63) is 35.4 Å². The Balaban J connectivity index is 1.86. The Morgan fingerprint density at radius 2 is 2.06 bits per heavy atom. The fourth-order valence-corrected chi connectivity index (χ4v) is 2.34. The molecule has 1 saturated carbocycles. The molecule has 1 heterocycles. The molecule has 1 aromatic rings. The fraction of sp³-hybridized carbons (Fsp3) is 0.462. The summed E-state index contributed by atoms with van der Waals surface area (Å²) >= 11 is 0. The molecule has 1 unspecified atom stereocenters. The predicted octanol–water partition coefficient (Wildman–Crippen LogP) is 1.87. The quantitative estimate of drug-likeness (QED) is 0.818. The molecule has 0 aromatic heterocycles. The first-order valence-corrected chi connectivity index (χ1v) is 5.88. The van der Waals surface area contributed by atoms with Gasteiger partial charge in [0.1, 0.15) is 0 Å². The Hall–Kier alpha value is -1.51. The standard InChI is InChI=1S/C13H17N3/c1-16-12(8-15-13(16)14)11-4-2-3-10(7-11)9-5-6-9/h2-4,7,9,12H,5-6,8H2,1H3,(H2,14,15). The maximum absolute atomic E-state index is 5.79. The average Bonchev–Trinajstić information content (AvgIpc) is 3.08. The van der Waals surface area contributed by atoms with Gasteiger partial charge in [0.15, 0.2) is 5.96 Å². The van der Waals surface area contributed by atoms with Gasteiger partial charge in [0, 0.05) is 7.05 Å². The summed E-state index contributed by atoms with van der Waals surface area (Å²) in [5.41, 5.74) is 8.62. The van der Waals surface area contributed by atoms with Crippen LogP contribution in [0.1, 0.15) is 35.9 Å². The normalized spacial score (nSPS) is 24.7. The lowest BCUT2D eigenvalue weighted by atomic mass is 10.0. The van der Waals surface area contributed by atoms with Gasteiger partial charge in [-0.15, -0.1) is 0 Å². The molecular formula is C13H17N3. The second kappa shape index (κ2) is 3.51. The third-order valence-corrected chi connectivity index (χ3v) is 3.60. The molecule has 0 saturated heterocycles. The van der Waals surface area contributed by atoms with Crippen LogP contribution in [-0.2, 0) is 0 Å². The Bertz CT molecular complexity index is 435. The van der Waals surface area contributed by atoms with E-state index < -0.39 is 0 Å². The zero-order valence-corrected chi connectivity index (χ0v) is 9.56. The van der Waals surface area contributed by atoms with Crippen molar-refractivity contribution >= 4 is 5.96 Å². The fourth-order valence-electron chi connectivity index (χ4n) is 2.34. The second-order valence-electron chi connectivity index (χ2n) is 4.77. The summed E-state index contributed by atoms with van der Waals surface area (Å²) in [7, 11) is 2.01. The summed E-state index contributed by atoms with van der Waals surface area (Å²) in [5, 5.41) is 0. The van der Waals surface area contributed by atoms with E-state index >= 15 is 0 Å². The molecule has 1 aromatic carbocycles. The van der Waals surface area contributed by atoms with Gasteiger partial charge in [-0.3, -0.25) is 4.99 Å². The minimum Gasteiger partial charge on any atom is -0.370 e. The number of guanidine groups is 1. The van der Waals surface area contributed by atoms with Crippen LogP contribution < -0.4 is 5.73 Å². The van der Waals surface area contributed by atoms with E-state index in [9.17, 15) is 0 Å². The third-order valence-electron chi connectivity index (χ3n) is 3.60. The van der Waals surface area contributed by atoms with Crippen LogP contribution in [0.4, 0.5) is 0 Å². The zero-order valence-electron chi connectivity index (χ0n) is 9.56. The number of aliphatic imine (C=N–C) groups is 1. The molecule has 1 atom stereocenters. The first-order chi connectivity index (χ1) is 7.75. The molecule has 3 nitrogen and oxygen atoms in total. The van der Waals surface area contributed by atoms with Gasteiger partial charge >= 0.3 is 0 Å². The zero-order chi connectivity index (χ0) is 11.1. The van der Waals surface area contributed by atoms with Crippen LogP contribution in [0.25, 0.3) is 0 Å². The highest BCUT2D eigenvalue weighted by molar-refractivity contribution is 5.80. The van der Waals surface area contributed by atoms with Crippen molar-refractivity contribution in [3.8, 4) is 0 Å². The monoisotopic (exact) mass is 215 g/mol. The van der Waals surface area contributed by atoms with E-state index in [0.29, 0.717) is 12.0 Å². The van der Waals surface area contributed by atoms with E-state index in [4.69, 9.17) is 5.73 Å². The number of nitrogens with two attached hydrogens (primary N) is 1. The van der Waals surface area contributed by atoms with Crippen molar-refractivity contribution in [2.24, 2.45) is 10.7 Å². The molecular weight excluding hydrogens is 198 g/mol. The minimum atomic E-state index is 0.332. The Morgan fingerprint density at radius 3 is 2.69 bits per heavy atom. The SMILES string of the molecule is CN1C(N)=NCC1c1cccc(C2CC2)c1. The van der Waals surface area contributed by atoms with Crippen molar-refractivity contribution in [1.29, 1.82) is 0 Å². The molecule has 16 heavy (non-hydrogen) atoms. The maximum Gasteiger partial charge on any atom is 0.191 e. The second-order valence-corrected chi connectivity index (χ2v) is 4.77. The van der Waals surface area contributed by atoms with E-state index in [0.717, 1.165) is 12.5 Å². The van der Waals surface area contributed by atoms with E-state index in [-0.39, 0.29) is 0 Å². The van der Waals surface area contributed by atoms with E-state index in [1.165, 1.54) is 24.0 Å². The molecule has 1 aliphatic carbocycles. The van der Waals surface area contributed by atoms with Gasteiger partial charge in [0.25, 0.3) is 0 Å². The highest BCUT2D eigenvalue weighted by Crippen LogP contribution is 2.41. The molecule has 84 valence electrons. The molecule has 0 radical (unpaired) electrons. The highest BCUT2D eigenvalue weighted by Gasteiger charge is 2.27. The number of hydrogen-bond acceptors (Lipinski definition) is 3. The Morgan fingerprint density at radius 1 is 1.31 bits per heavy atom. The van der Waals surface area contributed by atoms with Crippen LogP contribution in [0.15, 0.2) is 29.3 Å². The molecule has 3 heteroatoms. The molecule has 2 N–H and O–H groups in total. The molecule has 0 spiro atoms. The molecule has 1 fully saturated rings. The first kappa shape index (κ1) is 9.70. The molecule has 0 bridgehead atoms. The van der Waals surface area contributed by atoms with Gasteiger partial charge in [-0.25, -0.2) is 0 Å². The first-order valence-electron chi connectivity index (χ1n) is 5.88. The number of benzene rings is 1. The maximum atomic E-state index is 5.79. The molecule has 0 amide bonds. The number of likely N-dealkylation sites (N-methyl/N-ethyl adjacent to an activating group) is 1. The van der Waals surface area contributed by atoms with E-state index in [2.05, 4.69) is 34.2 Å². The Kier molecular flexibility index (Phi) is 2.13. The molecule has 1 aliphatic heterocycles. The van der Waals surface area contributed by atoms with Crippen LogP contribution in [0, 0.1) is 0 Å². The largest absolute Gasteiger partial charge is 0.370 e. The third kappa shape index (κ3) is 1.56. The number of rotatable bonds is 2. The lowest BCUT2D eigenvalue weighted by molar-refractivity contribution is 0.414. The van der Waals surface area contributed by atoms with Gasteiger partial charge in [-0.1, -0.05) is 24.3 Å². The van der Waals surface area contributed by atoms with E-state index in [1.807, 2.05) is 7.05 Å². The van der Waals surface area contributed by atoms with Gasteiger partial charge in [-0.05, 0) is 29.9 Å². The smallest absolute Gasteiger partial charge is 0.191 e. The van der Waals surface area contributed by atoms with Crippen LogP contribution in [0.2, 0.25) is 0 Å². The highest BCUT2D eigenvalue weighted by atomic mass is 15.3. The predicted molar refractivity (Wildman–Crippen MR) is 65.4 cm³/mol. The summed E-state index contributed by atoms with van der Waals surface area (Å²) in [6.07, 6.45) is 2.70. The van der Waals surface area contributed by atoms with Gasteiger partial charge in [0.2, 0.25) is 0 Å². The van der Waals surface area contributed by atoms with Gasteiger partial charge in [0.05, 0.1) is 12.6 Å². The molecule has 3 rings (SSSR count). The number of hydrogen-bond donors (Lipinski definition) is 1. The number of nitrogens with zero attached hydrogens (tertiary/aromatic N) is 2. The van der Waals surface area contributed by atoms with E-state index in [1.54, 1.807) is 0 Å². The summed E-state index contributed by atoms with van der Waals surface area (Å²) in [5.74, 6) is 1.46. The summed E-state index contributed by atoms with van der Waals surface area (Å²) in [4.78, 5) is 6.35. The summed E-state index contributed by atoms with van der Waals surface area (Å²) < 4.78 is 0. The Labute approximate surface area is 96.0 Å². The average molecular weight is 215 g/mol. The van der Waals surface area contributed by atoms with Crippen LogP contribution >= 0.6 is 0 Å². The van der Waals surface area contributed by atoms with Crippen molar-refractivity contribution < 1.29 is 0 Å². The van der Waals surface area contributed by atoms with Crippen molar-refractivity contribution in [2.75, 3.05) is 13.6 Å².